The summed E-state index contributed by atoms with van der Waals surface area (Å²) in [6, 6.07) is 5.39. The summed E-state index contributed by atoms with van der Waals surface area (Å²) in [6.45, 7) is 0.319. The Morgan fingerprint density at radius 3 is 2.67 bits per heavy atom. The molecule has 0 amide bonds. The predicted octanol–water partition coefficient (Wildman–Crippen LogP) is 3.91. The van der Waals surface area contributed by atoms with E-state index in [0.29, 0.717) is 11.6 Å². The van der Waals surface area contributed by atoms with Crippen molar-refractivity contribution in [3.05, 3.63) is 54.6 Å². The van der Waals surface area contributed by atoms with E-state index in [0.717, 1.165) is 10.0 Å². The first-order chi connectivity index (χ1) is 8.47. The number of hydrogen-bond donors (Lipinski definition) is 0. The van der Waals surface area contributed by atoms with Gasteiger partial charge in [0.05, 0.1) is 17.8 Å². The van der Waals surface area contributed by atoms with Gasteiger partial charge in [0.2, 0.25) is 0 Å². The van der Waals surface area contributed by atoms with E-state index in [4.69, 9.17) is 23.2 Å². The monoisotopic (exact) mass is 349 g/mol. The van der Waals surface area contributed by atoms with Gasteiger partial charge in [-0.15, -0.1) is 0 Å². The van der Waals surface area contributed by atoms with Gasteiger partial charge < -0.3 is 10.1 Å². The quantitative estimate of drug-likeness (QED) is 0.622. The van der Waals surface area contributed by atoms with Gasteiger partial charge in [-0.3, -0.25) is 0 Å². The molecule has 1 aromatic heterocycles. The van der Waals surface area contributed by atoms with Gasteiger partial charge in [-0.2, -0.15) is 4.68 Å². The number of nitro groups is 1. The molecule has 8 heteroatoms. The van der Waals surface area contributed by atoms with Crippen molar-refractivity contribution in [1.29, 1.82) is 0 Å². The maximum Gasteiger partial charge on any atom is 0.408 e. The maximum atomic E-state index is 10.6. The van der Waals surface area contributed by atoms with Crippen LogP contribution in [0.25, 0.3) is 0 Å². The summed E-state index contributed by atoms with van der Waals surface area (Å²) >= 11 is 15.1. The van der Waals surface area contributed by atoms with Crippen LogP contribution in [0.3, 0.4) is 0 Å². The molecule has 1 aromatic carbocycles. The normalized spacial score (nSPS) is 10.6. The molecule has 94 valence electrons. The second-order valence-corrected chi connectivity index (χ2v) is 5.22. The molecule has 0 saturated heterocycles. The molecule has 1 heterocycles. The van der Waals surface area contributed by atoms with Crippen LogP contribution in [0.4, 0.5) is 5.82 Å². The van der Waals surface area contributed by atoms with Crippen molar-refractivity contribution in [2.24, 2.45) is 0 Å². The van der Waals surface area contributed by atoms with E-state index in [9.17, 15) is 10.1 Å². The second-order valence-electron chi connectivity index (χ2n) is 3.49. The molecule has 18 heavy (non-hydrogen) atoms. The highest BCUT2D eigenvalue weighted by Crippen LogP contribution is 2.25. The minimum Gasteiger partial charge on any atom is -0.358 e. The number of nitrogens with zero attached hydrogens (tertiary/aromatic N) is 3. The molecule has 0 bridgehead atoms. The topological polar surface area (TPSA) is 61.0 Å². The summed E-state index contributed by atoms with van der Waals surface area (Å²) in [5.74, 6) is -0.357. The van der Waals surface area contributed by atoms with Crippen molar-refractivity contribution in [3.63, 3.8) is 0 Å². The molecular weight excluding hydrogens is 345 g/mol. The fourth-order valence-corrected chi connectivity index (χ4v) is 2.37. The highest BCUT2D eigenvalue weighted by molar-refractivity contribution is 9.10. The molecule has 0 radical (unpaired) electrons. The van der Waals surface area contributed by atoms with Crippen LogP contribution in [0.15, 0.2) is 28.9 Å². The lowest BCUT2D eigenvalue weighted by molar-refractivity contribution is -0.389. The molecular formula is C10H6BrCl2N3O2. The van der Waals surface area contributed by atoms with E-state index in [1.165, 1.54) is 10.9 Å². The summed E-state index contributed by atoms with van der Waals surface area (Å²) in [7, 11) is 0. The number of hydrogen-bond acceptors (Lipinski definition) is 3. The number of aromatic nitrogens is 2. The van der Waals surface area contributed by atoms with E-state index in [1.807, 2.05) is 12.1 Å². The molecule has 0 aliphatic heterocycles. The Hall–Kier alpha value is -1.11. The molecule has 0 unspecified atom stereocenters. The van der Waals surface area contributed by atoms with E-state index < -0.39 is 4.92 Å². The molecule has 0 saturated carbocycles. The van der Waals surface area contributed by atoms with Gasteiger partial charge in [0.1, 0.15) is 0 Å². The minimum absolute atomic E-state index is 0.00762. The second kappa shape index (κ2) is 5.26. The van der Waals surface area contributed by atoms with Gasteiger partial charge in [0.15, 0.2) is 5.02 Å². The Labute approximate surface area is 121 Å². The lowest BCUT2D eigenvalue weighted by Gasteiger charge is -2.02. The van der Waals surface area contributed by atoms with E-state index in [2.05, 4.69) is 21.0 Å². The molecule has 0 aliphatic carbocycles. The smallest absolute Gasteiger partial charge is 0.358 e. The third-order valence-corrected chi connectivity index (χ3v) is 3.33. The van der Waals surface area contributed by atoms with Crippen molar-refractivity contribution in [3.8, 4) is 0 Å². The minimum atomic E-state index is -0.623. The zero-order chi connectivity index (χ0) is 13.3. The van der Waals surface area contributed by atoms with Gasteiger partial charge in [0, 0.05) is 9.50 Å². The Kier molecular flexibility index (Phi) is 3.89. The van der Waals surface area contributed by atoms with Crippen LogP contribution >= 0.6 is 39.1 Å². The van der Waals surface area contributed by atoms with Crippen LogP contribution in [0, 0.1) is 10.1 Å². The molecule has 5 nitrogen and oxygen atoms in total. The summed E-state index contributed by atoms with van der Waals surface area (Å²) in [5, 5.41) is 15.0. The standard InChI is InChI=1S/C10H6BrCl2N3O2/c11-7-2-1-6(8(12)3-7)4-15-5-9(13)10(14-15)16(17)18/h1-3,5H,4H2. The molecule has 2 aromatic rings. The first-order valence-electron chi connectivity index (χ1n) is 4.78. The average Bonchev–Trinajstić information content (AvgIpc) is 2.64. The summed E-state index contributed by atoms with van der Waals surface area (Å²) in [4.78, 5) is 9.99. The Balaban J connectivity index is 2.29. The van der Waals surface area contributed by atoms with Crippen molar-refractivity contribution < 1.29 is 4.92 Å². The first-order valence-corrected chi connectivity index (χ1v) is 6.33. The van der Waals surface area contributed by atoms with Crippen molar-refractivity contribution in [1.82, 2.24) is 9.78 Å². The fourth-order valence-electron chi connectivity index (χ4n) is 1.42. The van der Waals surface area contributed by atoms with Gasteiger partial charge in [-0.1, -0.05) is 45.2 Å². The molecule has 0 N–H and O–H groups in total. The molecule has 2 rings (SSSR count). The van der Waals surface area contributed by atoms with E-state index in [1.54, 1.807) is 6.07 Å². The van der Waals surface area contributed by atoms with Crippen LogP contribution in [0.1, 0.15) is 5.56 Å². The summed E-state index contributed by atoms with van der Waals surface area (Å²) < 4.78 is 2.25. The van der Waals surface area contributed by atoms with Crippen molar-refractivity contribution in [2.45, 2.75) is 6.54 Å². The Bertz CT molecular complexity index is 615. The predicted molar refractivity (Wildman–Crippen MR) is 72.1 cm³/mol. The number of benzene rings is 1. The molecule has 0 spiro atoms. The number of halogens is 3. The zero-order valence-corrected chi connectivity index (χ0v) is 11.9. The van der Waals surface area contributed by atoms with E-state index in [-0.39, 0.29) is 10.8 Å². The SMILES string of the molecule is O=[N+]([O-])c1nn(Cc2ccc(Br)cc2Cl)cc1Cl. The van der Waals surface area contributed by atoms with Gasteiger partial charge in [-0.25, -0.2) is 0 Å². The summed E-state index contributed by atoms with van der Waals surface area (Å²) in [6.07, 6.45) is 1.40. The van der Waals surface area contributed by atoms with Gasteiger partial charge in [-0.05, 0) is 22.6 Å². The van der Waals surface area contributed by atoms with Crippen molar-refractivity contribution in [2.75, 3.05) is 0 Å². The number of rotatable bonds is 3. The third-order valence-electron chi connectivity index (χ3n) is 2.22. The lowest BCUT2D eigenvalue weighted by atomic mass is 10.2. The Morgan fingerprint density at radius 2 is 2.11 bits per heavy atom. The molecule has 0 aliphatic rings. The molecule has 0 fully saturated rings. The highest BCUT2D eigenvalue weighted by Gasteiger charge is 2.19. The Morgan fingerprint density at radius 1 is 1.39 bits per heavy atom. The fraction of sp³-hybridized carbons (Fsp3) is 0.100. The van der Waals surface area contributed by atoms with E-state index >= 15 is 0 Å². The largest absolute Gasteiger partial charge is 0.408 e. The van der Waals surface area contributed by atoms with Crippen LogP contribution < -0.4 is 0 Å². The third kappa shape index (κ3) is 2.82. The van der Waals surface area contributed by atoms with Crippen molar-refractivity contribution >= 4 is 44.9 Å². The van der Waals surface area contributed by atoms with Gasteiger partial charge in [0.25, 0.3) is 0 Å². The van der Waals surface area contributed by atoms with Crippen LogP contribution in [-0.4, -0.2) is 14.7 Å². The average molecular weight is 351 g/mol. The first kappa shape index (κ1) is 13.3. The van der Waals surface area contributed by atoms with Crippen LogP contribution in [-0.2, 0) is 6.54 Å². The van der Waals surface area contributed by atoms with Crippen LogP contribution in [0.2, 0.25) is 10.0 Å². The van der Waals surface area contributed by atoms with Crippen LogP contribution in [0.5, 0.6) is 0 Å². The lowest BCUT2D eigenvalue weighted by Crippen LogP contribution is -2.01. The maximum absolute atomic E-state index is 10.6. The highest BCUT2D eigenvalue weighted by atomic mass is 79.9. The van der Waals surface area contributed by atoms with Gasteiger partial charge >= 0.3 is 5.82 Å². The molecule has 0 atom stereocenters. The zero-order valence-electron chi connectivity index (χ0n) is 8.81. The summed E-state index contributed by atoms with van der Waals surface area (Å²) in [5.41, 5.74) is 0.800.